The van der Waals surface area contributed by atoms with Gasteiger partial charge in [-0.2, -0.15) is 0 Å². The molecule has 108 valence electrons. The minimum atomic E-state index is -0.476. The normalized spacial score (nSPS) is 31.8. The Hall–Kier alpha value is -1.26. The van der Waals surface area contributed by atoms with E-state index in [0.717, 1.165) is 19.3 Å². The smallest absolute Gasteiger partial charge is 0.408 e. The number of carbonyl (C=O) groups excluding carboxylic acids is 2. The Balaban J connectivity index is 1.74. The molecule has 0 saturated heterocycles. The van der Waals surface area contributed by atoms with Gasteiger partial charge in [0.05, 0.1) is 13.0 Å². The number of hydrogen-bond acceptors (Lipinski definition) is 4. The van der Waals surface area contributed by atoms with Gasteiger partial charge < -0.3 is 14.8 Å². The van der Waals surface area contributed by atoms with E-state index in [1.165, 1.54) is 0 Å². The summed E-state index contributed by atoms with van der Waals surface area (Å²) in [6, 6.07) is 0. The molecule has 0 aliphatic heterocycles. The van der Waals surface area contributed by atoms with Crippen LogP contribution in [0.3, 0.4) is 0 Å². The van der Waals surface area contributed by atoms with E-state index in [2.05, 4.69) is 5.32 Å². The fourth-order valence-corrected chi connectivity index (χ4v) is 3.36. The van der Waals surface area contributed by atoms with E-state index in [1.807, 2.05) is 27.7 Å². The van der Waals surface area contributed by atoms with Crippen LogP contribution in [0.15, 0.2) is 0 Å². The minimum absolute atomic E-state index is 0.0707. The molecule has 3 aliphatic carbocycles. The van der Waals surface area contributed by atoms with Gasteiger partial charge in [0.25, 0.3) is 0 Å². The van der Waals surface area contributed by atoms with Gasteiger partial charge in [0.15, 0.2) is 0 Å². The van der Waals surface area contributed by atoms with Gasteiger partial charge in [-0.1, -0.05) is 0 Å². The van der Waals surface area contributed by atoms with Gasteiger partial charge in [0.2, 0.25) is 0 Å². The molecule has 3 aliphatic rings. The molecule has 0 spiro atoms. The molecule has 0 unspecified atom stereocenters. The SMILES string of the molecule is CCOC(=O)CC12CC(NC(=O)OC(C)(C)C)(C1)C2. The number of hydrogen-bond donors (Lipinski definition) is 1. The summed E-state index contributed by atoms with van der Waals surface area (Å²) in [6.07, 6.45) is 2.68. The molecular weight excluding hydrogens is 246 g/mol. The number of carbonyl (C=O) groups is 2. The van der Waals surface area contributed by atoms with Crippen LogP contribution >= 0.6 is 0 Å². The standard InChI is InChI=1S/C14H23NO4/c1-5-18-10(16)6-13-7-14(8-13,9-13)15-11(17)19-12(2,3)4/h5-9H2,1-4H3,(H,15,17). The second kappa shape index (κ2) is 4.39. The number of alkyl carbamates (subject to hydrolysis) is 1. The Morgan fingerprint density at radius 1 is 1.21 bits per heavy atom. The lowest BCUT2D eigenvalue weighted by Gasteiger charge is -2.70. The van der Waals surface area contributed by atoms with Crippen molar-refractivity contribution >= 4 is 12.1 Å². The van der Waals surface area contributed by atoms with Crippen LogP contribution in [0, 0.1) is 5.41 Å². The van der Waals surface area contributed by atoms with Crippen molar-refractivity contribution < 1.29 is 19.1 Å². The molecule has 5 heteroatoms. The van der Waals surface area contributed by atoms with Gasteiger partial charge in [0, 0.05) is 5.54 Å². The van der Waals surface area contributed by atoms with E-state index < -0.39 is 5.60 Å². The summed E-state index contributed by atoms with van der Waals surface area (Å²) in [5.41, 5.74) is -0.535. The van der Waals surface area contributed by atoms with Gasteiger partial charge >= 0.3 is 12.1 Å². The summed E-state index contributed by atoms with van der Waals surface area (Å²) in [7, 11) is 0. The Bertz CT molecular complexity index is 377. The maximum absolute atomic E-state index is 11.7. The van der Waals surface area contributed by atoms with Gasteiger partial charge in [-0.25, -0.2) is 4.79 Å². The Morgan fingerprint density at radius 2 is 1.79 bits per heavy atom. The molecule has 5 nitrogen and oxygen atoms in total. The highest BCUT2D eigenvalue weighted by molar-refractivity contribution is 5.73. The molecule has 3 rings (SSSR count). The molecule has 0 aromatic rings. The minimum Gasteiger partial charge on any atom is -0.466 e. The van der Waals surface area contributed by atoms with Crippen molar-refractivity contribution in [2.75, 3.05) is 6.61 Å². The van der Waals surface area contributed by atoms with Gasteiger partial charge in [-0.05, 0) is 52.4 Å². The Labute approximate surface area is 114 Å². The molecule has 0 heterocycles. The first kappa shape index (κ1) is 14.2. The summed E-state index contributed by atoms with van der Waals surface area (Å²) in [4.78, 5) is 23.2. The summed E-state index contributed by atoms with van der Waals surface area (Å²) in [5.74, 6) is -0.131. The summed E-state index contributed by atoms with van der Waals surface area (Å²) < 4.78 is 10.2. The Kier molecular flexibility index (Phi) is 3.27. The number of ether oxygens (including phenoxy) is 2. The molecular formula is C14H23NO4. The third-order valence-electron chi connectivity index (χ3n) is 3.73. The molecule has 3 fully saturated rings. The van der Waals surface area contributed by atoms with Crippen molar-refractivity contribution in [3.8, 4) is 0 Å². The second-order valence-electron chi connectivity index (χ2n) is 6.92. The van der Waals surface area contributed by atoms with E-state index in [4.69, 9.17) is 9.47 Å². The maximum atomic E-state index is 11.7. The molecule has 0 atom stereocenters. The fraction of sp³-hybridized carbons (Fsp3) is 0.857. The van der Waals surface area contributed by atoms with Gasteiger partial charge in [-0.3, -0.25) is 4.79 Å². The molecule has 0 aromatic heterocycles. The molecule has 0 radical (unpaired) electrons. The predicted molar refractivity (Wildman–Crippen MR) is 69.6 cm³/mol. The topological polar surface area (TPSA) is 64.6 Å². The lowest BCUT2D eigenvalue weighted by molar-refractivity contribution is -0.178. The quantitative estimate of drug-likeness (QED) is 0.796. The van der Waals surface area contributed by atoms with E-state index in [1.54, 1.807) is 0 Å². The third kappa shape index (κ3) is 3.01. The highest BCUT2D eigenvalue weighted by atomic mass is 16.6. The number of nitrogens with one attached hydrogen (secondary N) is 1. The van der Waals surface area contributed by atoms with Crippen LogP contribution < -0.4 is 5.32 Å². The molecule has 2 bridgehead atoms. The average Bonchev–Trinajstić information content (AvgIpc) is 2.09. The van der Waals surface area contributed by atoms with E-state index in [9.17, 15) is 9.59 Å². The van der Waals surface area contributed by atoms with Crippen LogP contribution in [0.2, 0.25) is 0 Å². The van der Waals surface area contributed by atoms with Gasteiger partial charge in [0.1, 0.15) is 5.60 Å². The summed E-state index contributed by atoms with van der Waals surface area (Å²) in [5, 5.41) is 2.93. The molecule has 0 aromatic carbocycles. The largest absolute Gasteiger partial charge is 0.466 e. The molecule has 3 saturated carbocycles. The maximum Gasteiger partial charge on any atom is 0.408 e. The second-order valence-corrected chi connectivity index (χ2v) is 6.92. The highest BCUT2D eigenvalue weighted by Crippen LogP contribution is 2.69. The number of esters is 1. The lowest BCUT2D eigenvalue weighted by atomic mass is 9.38. The van der Waals surface area contributed by atoms with E-state index in [0.29, 0.717) is 13.0 Å². The highest BCUT2D eigenvalue weighted by Gasteiger charge is 2.69. The lowest BCUT2D eigenvalue weighted by Crippen LogP contribution is -2.75. The van der Waals surface area contributed by atoms with E-state index in [-0.39, 0.29) is 23.0 Å². The molecule has 1 N–H and O–H groups in total. The van der Waals surface area contributed by atoms with Crippen molar-refractivity contribution in [2.24, 2.45) is 5.41 Å². The van der Waals surface area contributed by atoms with Crippen molar-refractivity contribution in [1.29, 1.82) is 0 Å². The zero-order valence-electron chi connectivity index (χ0n) is 12.2. The van der Waals surface area contributed by atoms with Gasteiger partial charge in [-0.15, -0.1) is 0 Å². The van der Waals surface area contributed by atoms with Crippen LogP contribution in [0.4, 0.5) is 4.79 Å². The summed E-state index contributed by atoms with van der Waals surface area (Å²) >= 11 is 0. The zero-order chi connectivity index (χ0) is 14.3. The van der Waals surface area contributed by atoms with Crippen LogP contribution in [0.25, 0.3) is 0 Å². The average molecular weight is 269 g/mol. The number of amides is 1. The summed E-state index contributed by atoms with van der Waals surface area (Å²) in [6.45, 7) is 7.77. The van der Waals surface area contributed by atoms with E-state index >= 15 is 0 Å². The molecule has 19 heavy (non-hydrogen) atoms. The number of rotatable bonds is 4. The van der Waals surface area contributed by atoms with Crippen LogP contribution in [-0.2, 0) is 14.3 Å². The monoisotopic (exact) mass is 269 g/mol. The first-order chi connectivity index (χ1) is 8.68. The first-order valence-corrected chi connectivity index (χ1v) is 6.84. The fourth-order valence-electron chi connectivity index (χ4n) is 3.36. The first-order valence-electron chi connectivity index (χ1n) is 6.84. The zero-order valence-corrected chi connectivity index (χ0v) is 12.2. The third-order valence-corrected chi connectivity index (χ3v) is 3.73. The van der Waals surface area contributed by atoms with Crippen LogP contribution in [0.5, 0.6) is 0 Å². The molecule has 1 amide bonds. The Morgan fingerprint density at radius 3 is 2.26 bits per heavy atom. The van der Waals surface area contributed by atoms with Crippen molar-refractivity contribution in [3.63, 3.8) is 0 Å². The van der Waals surface area contributed by atoms with Crippen LogP contribution in [0.1, 0.15) is 53.4 Å². The van der Waals surface area contributed by atoms with Crippen molar-refractivity contribution in [2.45, 2.75) is 64.5 Å². The van der Waals surface area contributed by atoms with Crippen molar-refractivity contribution in [1.82, 2.24) is 5.32 Å². The van der Waals surface area contributed by atoms with Crippen LogP contribution in [-0.4, -0.2) is 29.8 Å². The van der Waals surface area contributed by atoms with Crippen molar-refractivity contribution in [3.05, 3.63) is 0 Å². The predicted octanol–water partition coefficient (Wildman–Crippen LogP) is 2.39.